The first-order valence-corrected chi connectivity index (χ1v) is 8.59. The van der Waals surface area contributed by atoms with Crippen LogP contribution in [0.5, 0.6) is 0 Å². The second kappa shape index (κ2) is 7.60. The standard InChI is InChI=1S/C18H27ClFN/c1-3-21-11-10-18(7-4-5-8-18)9-6-15-12-14(2)17(20)13-16(15)19/h12-13,21H,3-11H2,1-2H3. The Morgan fingerprint density at radius 1 is 1.24 bits per heavy atom. The molecule has 0 unspecified atom stereocenters. The third kappa shape index (κ3) is 4.43. The van der Waals surface area contributed by atoms with Crippen LogP contribution in [0.1, 0.15) is 56.6 Å². The molecule has 0 radical (unpaired) electrons. The molecule has 0 atom stereocenters. The van der Waals surface area contributed by atoms with Crippen LogP contribution < -0.4 is 5.32 Å². The molecule has 0 saturated heterocycles. The third-order valence-corrected chi connectivity index (χ3v) is 5.35. The third-order valence-electron chi connectivity index (χ3n) is 5.00. The highest BCUT2D eigenvalue weighted by atomic mass is 35.5. The number of benzene rings is 1. The van der Waals surface area contributed by atoms with E-state index in [1.165, 1.54) is 44.6 Å². The highest BCUT2D eigenvalue weighted by molar-refractivity contribution is 6.31. The molecule has 0 aliphatic heterocycles. The molecule has 1 saturated carbocycles. The van der Waals surface area contributed by atoms with Crippen LogP contribution in [0.4, 0.5) is 4.39 Å². The predicted molar refractivity (Wildman–Crippen MR) is 88.5 cm³/mol. The van der Waals surface area contributed by atoms with Gasteiger partial charge in [0.25, 0.3) is 0 Å². The van der Waals surface area contributed by atoms with Crippen molar-refractivity contribution in [2.75, 3.05) is 13.1 Å². The van der Waals surface area contributed by atoms with E-state index in [2.05, 4.69) is 12.2 Å². The van der Waals surface area contributed by atoms with Crippen LogP contribution in [-0.4, -0.2) is 13.1 Å². The Hall–Kier alpha value is -0.600. The first kappa shape index (κ1) is 16.8. The van der Waals surface area contributed by atoms with Gasteiger partial charge in [0.05, 0.1) is 0 Å². The molecule has 0 bridgehead atoms. The molecular weight excluding hydrogens is 285 g/mol. The number of aryl methyl sites for hydroxylation is 2. The largest absolute Gasteiger partial charge is 0.317 e. The van der Waals surface area contributed by atoms with Crippen LogP contribution in [0.3, 0.4) is 0 Å². The molecule has 1 aliphatic rings. The van der Waals surface area contributed by atoms with Crippen molar-refractivity contribution in [1.82, 2.24) is 5.32 Å². The van der Waals surface area contributed by atoms with E-state index < -0.39 is 0 Å². The summed E-state index contributed by atoms with van der Waals surface area (Å²) in [6.07, 6.45) is 8.74. The van der Waals surface area contributed by atoms with Crippen LogP contribution in [0.25, 0.3) is 0 Å². The van der Waals surface area contributed by atoms with Crippen LogP contribution in [0.15, 0.2) is 12.1 Å². The van der Waals surface area contributed by atoms with Crippen molar-refractivity contribution < 1.29 is 4.39 Å². The molecule has 3 heteroatoms. The molecule has 1 fully saturated rings. The fourth-order valence-electron chi connectivity index (χ4n) is 3.59. The molecular formula is C18H27ClFN. The monoisotopic (exact) mass is 311 g/mol. The SMILES string of the molecule is CCNCCC1(CCc2cc(C)c(F)cc2Cl)CCCC1. The normalized spacial score (nSPS) is 17.3. The Bertz CT molecular complexity index is 467. The van der Waals surface area contributed by atoms with Crippen molar-refractivity contribution in [2.45, 2.75) is 58.8 Å². The molecule has 0 heterocycles. The van der Waals surface area contributed by atoms with Gasteiger partial charge in [-0.3, -0.25) is 0 Å². The summed E-state index contributed by atoms with van der Waals surface area (Å²) >= 11 is 6.21. The second-order valence-electron chi connectivity index (χ2n) is 6.50. The summed E-state index contributed by atoms with van der Waals surface area (Å²) in [6.45, 7) is 6.11. The Morgan fingerprint density at radius 3 is 2.62 bits per heavy atom. The van der Waals surface area contributed by atoms with Gasteiger partial charge in [-0.15, -0.1) is 0 Å². The topological polar surface area (TPSA) is 12.0 Å². The first-order chi connectivity index (χ1) is 10.1. The van der Waals surface area contributed by atoms with Gasteiger partial charge in [0.15, 0.2) is 0 Å². The van der Waals surface area contributed by atoms with Crippen molar-refractivity contribution in [1.29, 1.82) is 0 Å². The van der Waals surface area contributed by atoms with Gasteiger partial charge in [0, 0.05) is 5.02 Å². The molecule has 2 rings (SSSR count). The van der Waals surface area contributed by atoms with Crippen molar-refractivity contribution in [3.8, 4) is 0 Å². The fourth-order valence-corrected chi connectivity index (χ4v) is 3.83. The average Bonchev–Trinajstić information content (AvgIpc) is 2.91. The van der Waals surface area contributed by atoms with E-state index >= 15 is 0 Å². The highest BCUT2D eigenvalue weighted by Gasteiger charge is 2.32. The Morgan fingerprint density at radius 2 is 1.95 bits per heavy atom. The van der Waals surface area contributed by atoms with E-state index in [4.69, 9.17) is 11.6 Å². The summed E-state index contributed by atoms with van der Waals surface area (Å²) in [6, 6.07) is 3.39. The van der Waals surface area contributed by atoms with Crippen LogP contribution >= 0.6 is 11.6 Å². The van der Waals surface area contributed by atoms with Crippen LogP contribution in [0.2, 0.25) is 5.02 Å². The second-order valence-corrected chi connectivity index (χ2v) is 6.91. The van der Waals surface area contributed by atoms with Gasteiger partial charge in [0.1, 0.15) is 5.82 Å². The average molecular weight is 312 g/mol. The fraction of sp³-hybridized carbons (Fsp3) is 0.667. The van der Waals surface area contributed by atoms with Crippen molar-refractivity contribution >= 4 is 11.6 Å². The van der Waals surface area contributed by atoms with Gasteiger partial charge in [0.2, 0.25) is 0 Å². The van der Waals surface area contributed by atoms with E-state index in [9.17, 15) is 4.39 Å². The molecule has 1 aliphatic carbocycles. The maximum Gasteiger partial charge on any atom is 0.127 e. The smallest absolute Gasteiger partial charge is 0.127 e. The molecule has 0 amide bonds. The summed E-state index contributed by atoms with van der Waals surface area (Å²) < 4.78 is 13.5. The summed E-state index contributed by atoms with van der Waals surface area (Å²) in [5.74, 6) is -0.202. The van der Waals surface area contributed by atoms with E-state index in [-0.39, 0.29) is 5.82 Å². The lowest BCUT2D eigenvalue weighted by atomic mass is 9.77. The van der Waals surface area contributed by atoms with Crippen LogP contribution in [-0.2, 0) is 6.42 Å². The zero-order chi connectivity index (χ0) is 15.3. The van der Waals surface area contributed by atoms with E-state index in [0.29, 0.717) is 16.0 Å². The summed E-state index contributed by atoms with van der Waals surface area (Å²) in [5.41, 5.74) is 2.26. The summed E-state index contributed by atoms with van der Waals surface area (Å²) in [5, 5.41) is 4.03. The Kier molecular flexibility index (Phi) is 6.07. The lowest BCUT2D eigenvalue weighted by Crippen LogP contribution is -2.25. The molecule has 0 aromatic heterocycles. The van der Waals surface area contributed by atoms with E-state index in [1.54, 1.807) is 0 Å². The van der Waals surface area contributed by atoms with Gasteiger partial charge in [-0.05, 0) is 74.7 Å². The maximum atomic E-state index is 13.5. The Balaban J connectivity index is 2.00. The molecule has 21 heavy (non-hydrogen) atoms. The first-order valence-electron chi connectivity index (χ1n) is 8.21. The highest BCUT2D eigenvalue weighted by Crippen LogP contribution is 2.45. The number of rotatable bonds is 7. The van der Waals surface area contributed by atoms with Gasteiger partial charge in [-0.2, -0.15) is 0 Å². The molecule has 1 aromatic rings. The molecule has 0 spiro atoms. The van der Waals surface area contributed by atoms with Gasteiger partial charge in [-0.1, -0.05) is 37.4 Å². The summed E-state index contributed by atoms with van der Waals surface area (Å²) in [4.78, 5) is 0. The molecule has 1 nitrogen and oxygen atoms in total. The number of halogens is 2. The lowest BCUT2D eigenvalue weighted by Gasteiger charge is -2.29. The van der Waals surface area contributed by atoms with Crippen molar-refractivity contribution in [3.63, 3.8) is 0 Å². The zero-order valence-corrected chi connectivity index (χ0v) is 14.0. The number of nitrogens with one attached hydrogen (secondary N) is 1. The molecule has 118 valence electrons. The van der Waals surface area contributed by atoms with E-state index in [1.807, 2.05) is 13.0 Å². The maximum absolute atomic E-state index is 13.5. The summed E-state index contributed by atoms with van der Waals surface area (Å²) in [7, 11) is 0. The zero-order valence-electron chi connectivity index (χ0n) is 13.3. The van der Waals surface area contributed by atoms with Gasteiger partial charge < -0.3 is 5.32 Å². The lowest BCUT2D eigenvalue weighted by molar-refractivity contribution is 0.246. The van der Waals surface area contributed by atoms with Crippen molar-refractivity contribution in [2.24, 2.45) is 5.41 Å². The quantitative estimate of drug-likeness (QED) is 0.675. The van der Waals surface area contributed by atoms with E-state index in [0.717, 1.165) is 25.1 Å². The minimum atomic E-state index is -0.202. The van der Waals surface area contributed by atoms with Crippen LogP contribution in [0, 0.1) is 18.2 Å². The van der Waals surface area contributed by atoms with Crippen molar-refractivity contribution in [3.05, 3.63) is 34.1 Å². The predicted octanol–water partition coefficient (Wildman–Crippen LogP) is 5.28. The Labute approximate surface area is 133 Å². The molecule has 1 N–H and O–H groups in total. The molecule has 1 aromatic carbocycles. The van der Waals surface area contributed by atoms with Gasteiger partial charge >= 0.3 is 0 Å². The number of hydrogen-bond acceptors (Lipinski definition) is 1. The minimum Gasteiger partial charge on any atom is -0.317 e. The van der Waals surface area contributed by atoms with Gasteiger partial charge in [-0.25, -0.2) is 4.39 Å². The minimum absolute atomic E-state index is 0.202. The number of hydrogen-bond donors (Lipinski definition) is 1.